The molecule has 0 spiro atoms. The average Bonchev–Trinajstić information content (AvgIpc) is 3.10. The Balaban J connectivity index is 1.52. The number of hydrogen-bond donors (Lipinski definition) is 1. The first kappa shape index (κ1) is 18.1. The van der Waals surface area contributed by atoms with Crippen molar-refractivity contribution < 1.29 is 18.3 Å². The summed E-state index contributed by atoms with van der Waals surface area (Å²) in [6.45, 7) is -0.149. The molecule has 0 aliphatic heterocycles. The minimum absolute atomic E-state index is 0.149. The molecule has 26 heavy (non-hydrogen) atoms. The van der Waals surface area contributed by atoms with Crippen LogP contribution in [0.4, 0.5) is 4.39 Å². The molecule has 0 radical (unpaired) electrons. The molecule has 1 N–H and O–H groups in total. The number of nitrogens with zero attached hydrogens (tertiary/aromatic N) is 1. The molecule has 3 aromatic rings. The van der Waals surface area contributed by atoms with Gasteiger partial charge in [-0.1, -0.05) is 24.3 Å². The van der Waals surface area contributed by atoms with Gasteiger partial charge >= 0.3 is 0 Å². The zero-order valence-electron chi connectivity index (χ0n) is 13.5. The summed E-state index contributed by atoms with van der Waals surface area (Å²) < 4.78 is 25.1. The van der Waals surface area contributed by atoms with Crippen LogP contribution in [0.5, 0.6) is 5.75 Å². The lowest BCUT2D eigenvalue weighted by molar-refractivity contribution is -0.123. The molecule has 0 aliphatic carbocycles. The van der Waals surface area contributed by atoms with Crippen LogP contribution in [0.25, 0.3) is 11.3 Å². The Morgan fingerprint density at radius 1 is 1.19 bits per heavy atom. The molecule has 0 atom stereocenters. The number of para-hydroxylation sites is 1. The number of carbonyl (C=O) groups excluding carboxylic acids is 1. The van der Waals surface area contributed by atoms with E-state index in [9.17, 15) is 9.18 Å². The van der Waals surface area contributed by atoms with Crippen LogP contribution in [0, 0.1) is 9.39 Å². The maximum atomic E-state index is 13.2. The molecular formula is C19H14FIN2O3. The Hall–Kier alpha value is -2.68. The summed E-state index contributed by atoms with van der Waals surface area (Å²) in [6, 6.07) is 16.9. The number of benzene rings is 2. The van der Waals surface area contributed by atoms with E-state index >= 15 is 0 Å². The third-order valence-corrected chi connectivity index (χ3v) is 4.20. The topological polar surface area (TPSA) is 63.8 Å². The maximum Gasteiger partial charge on any atom is 0.277 e. The van der Waals surface area contributed by atoms with Gasteiger partial charge in [0, 0.05) is 5.56 Å². The predicted molar refractivity (Wildman–Crippen MR) is 104 cm³/mol. The van der Waals surface area contributed by atoms with E-state index in [1.54, 1.807) is 30.3 Å². The summed E-state index contributed by atoms with van der Waals surface area (Å²) in [4.78, 5) is 11.8. The van der Waals surface area contributed by atoms with Gasteiger partial charge in [0.1, 0.15) is 23.1 Å². The van der Waals surface area contributed by atoms with Gasteiger partial charge in [-0.25, -0.2) is 9.82 Å². The molecular weight excluding hydrogens is 450 g/mol. The minimum atomic E-state index is -0.391. The van der Waals surface area contributed by atoms with Gasteiger partial charge < -0.3 is 9.15 Å². The molecule has 3 rings (SSSR count). The number of hydrogen-bond acceptors (Lipinski definition) is 4. The van der Waals surface area contributed by atoms with Crippen molar-refractivity contribution in [1.82, 2.24) is 5.43 Å². The highest BCUT2D eigenvalue weighted by molar-refractivity contribution is 14.1. The van der Waals surface area contributed by atoms with E-state index < -0.39 is 5.91 Å². The number of hydrazone groups is 1. The van der Waals surface area contributed by atoms with Gasteiger partial charge in [0.25, 0.3) is 5.91 Å². The van der Waals surface area contributed by atoms with Crippen molar-refractivity contribution in [2.24, 2.45) is 5.10 Å². The largest absolute Gasteiger partial charge is 0.483 e. The lowest BCUT2D eigenvalue weighted by Gasteiger charge is -2.06. The standard InChI is InChI=1S/C19H14FIN2O3/c20-14-5-3-4-13(10-14)17-9-8-15(26-17)11-22-23-19(24)12-25-18-7-2-1-6-16(18)21/h1-11H,12H2,(H,23,24)/b22-11+. The van der Waals surface area contributed by atoms with Gasteiger partial charge in [-0.05, 0) is 59.0 Å². The van der Waals surface area contributed by atoms with E-state index in [-0.39, 0.29) is 12.4 Å². The smallest absolute Gasteiger partial charge is 0.277 e. The Kier molecular flexibility index (Phi) is 6.00. The maximum absolute atomic E-state index is 13.2. The summed E-state index contributed by atoms with van der Waals surface area (Å²) in [5.41, 5.74) is 2.99. The minimum Gasteiger partial charge on any atom is -0.483 e. The van der Waals surface area contributed by atoms with E-state index in [1.165, 1.54) is 18.3 Å². The Morgan fingerprint density at radius 2 is 2.04 bits per heavy atom. The first-order valence-corrected chi connectivity index (χ1v) is 8.75. The van der Waals surface area contributed by atoms with Crippen molar-refractivity contribution in [1.29, 1.82) is 0 Å². The van der Waals surface area contributed by atoms with Crippen molar-refractivity contribution >= 4 is 34.7 Å². The van der Waals surface area contributed by atoms with Crippen molar-refractivity contribution in [3.63, 3.8) is 0 Å². The molecule has 132 valence electrons. The van der Waals surface area contributed by atoms with Crippen molar-refractivity contribution in [2.45, 2.75) is 0 Å². The molecule has 0 saturated heterocycles. The number of furan rings is 1. The van der Waals surface area contributed by atoms with Gasteiger partial charge in [-0.3, -0.25) is 4.79 Å². The number of halogens is 2. The normalized spacial score (nSPS) is 10.8. The second kappa shape index (κ2) is 8.61. The molecule has 1 amide bonds. The summed E-state index contributed by atoms with van der Waals surface area (Å²) >= 11 is 2.13. The third kappa shape index (κ3) is 4.92. The highest BCUT2D eigenvalue weighted by Gasteiger charge is 2.06. The summed E-state index contributed by atoms with van der Waals surface area (Å²) in [5, 5.41) is 3.83. The first-order valence-electron chi connectivity index (χ1n) is 7.67. The second-order valence-electron chi connectivity index (χ2n) is 5.22. The molecule has 0 bridgehead atoms. The summed E-state index contributed by atoms with van der Waals surface area (Å²) in [5.74, 6) is 0.854. The van der Waals surface area contributed by atoms with Crippen LogP contribution in [0.1, 0.15) is 5.76 Å². The van der Waals surface area contributed by atoms with Gasteiger partial charge in [0.2, 0.25) is 0 Å². The molecule has 1 aromatic heterocycles. The van der Waals surface area contributed by atoms with E-state index in [0.717, 1.165) is 3.57 Å². The highest BCUT2D eigenvalue weighted by Crippen LogP contribution is 2.22. The zero-order valence-corrected chi connectivity index (χ0v) is 15.6. The molecule has 5 nitrogen and oxygen atoms in total. The quantitative estimate of drug-likeness (QED) is 0.338. The third-order valence-electron chi connectivity index (χ3n) is 3.31. The predicted octanol–water partition coefficient (Wildman–Crippen LogP) is 4.22. The van der Waals surface area contributed by atoms with Crippen LogP contribution >= 0.6 is 22.6 Å². The van der Waals surface area contributed by atoms with Crippen molar-refractivity contribution in [3.05, 3.63) is 75.8 Å². The van der Waals surface area contributed by atoms with E-state index in [1.807, 2.05) is 18.2 Å². The highest BCUT2D eigenvalue weighted by atomic mass is 127. The van der Waals surface area contributed by atoms with Crippen molar-refractivity contribution in [3.8, 4) is 17.1 Å². The zero-order chi connectivity index (χ0) is 18.4. The van der Waals surface area contributed by atoms with Crippen LogP contribution in [-0.2, 0) is 4.79 Å². The molecule has 0 fully saturated rings. The Morgan fingerprint density at radius 3 is 2.85 bits per heavy atom. The van der Waals surface area contributed by atoms with Crippen molar-refractivity contribution in [2.75, 3.05) is 6.61 Å². The molecule has 1 heterocycles. The average molecular weight is 464 g/mol. The number of nitrogens with one attached hydrogen (secondary N) is 1. The number of rotatable bonds is 6. The fourth-order valence-corrected chi connectivity index (χ4v) is 2.67. The number of carbonyl (C=O) groups is 1. The van der Waals surface area contributed by atoms with Gasteiger partial charge in [-0.2, -0.15) is 5.10 Å². The SMILES string of the molecule is O=C(COc1ccccc1I)N/N=C/c1ccc(-c2cccc(F)c2)o1. The Bertz CT molecular complexity index is 940. The lowest BCUT2D eigenvalue weighted by atomic mass is 10.2. The molecule has 0 unspecified atom stereocenters. The van der Waals surface area contributed by atoms with Crippen LogP contribution in [0.15, 0.2) is 70.2 Å². The Labute approximate surface area is 163 Å². The van der Waals surface area contributed by atoms with Crippen LogP contribution < -0.4 is 10.2 Å². The van der Waals surface area contributed by atoms with Gasteiger partial charge in [-0.15, -0.1) is 0 Å². The first-order chi connectivity index (χ1) is 12.6. The summed E-state index contributed by atoms with van der Waals surface area (Å²) in [6.07, 6.45) is 1.37. The van der Waals surface area contributed by atoms with E-state index in [0.29, 0.717) is 22.8 Å². The van der Waals surface area contributed by atoms with Crippen LogP contribution in [0.2, 0.25) is 0 Å². The molecule has 0 aliphatic rings. The molecule has 7 heteroatoms. The van der Waals surface area contributed by atoms with E-state index in [2.05, 4.69) is 33.1 Å². The molecule has 2 aromatic carbocycles. The number of amides is 1. The monoisotopic (exact) mass is 464 g/mol. The number of ether oxygens (including phenoxy) is 1. The lowest BCUT2D eigenvalue weighted by Crippen LogP contribution is -2.24. The van der Waals surface area contributed by atoms with Crippen LogP contribution in [-0.4, -0.2) is 18.7 Å². The molecule has 0 saturated carbocycles. The summed E-state index contributed by atoms with van der Waals surface area (Å²) in [7, 11) is 0. The fourth-order valence-electron chi connectivity index (χ4n) is 2.12. The van der Waals surface area contributed by atoms with Gasteiger partial charge in [0.05, 0.1) is 9.78 Å². The second-order valence-corrected chi connectivity index (χ2v) is 6.39. The van der Waals surface area contributed by atoms with Crippen LogP contribution in [0.3, 0.4) is 0 Å². The fraction of sp³-hybridized carbons (Fsp3) is 0.0526. The van der Waals surface area contributed by atoms with E-state index in [4.69, 9.17) is 9.15 Å². The van der Waals surface area contributed by atoms with Gasteiger partial charge in [0.15, 0.2) is 6.61 Å².